The van der Waals surface area contributed by atoms with Crippen LogP contribution in [-0.2, 0) is 14.3 Å². The second kappa shape index (κ2) is 9.09. The molecule has 0 aliphatic heterocycles. The maximum absolute atomic E-state index is 11.4. The molecular weight excluding hydrogens is 332 g/mol. The minimum Gasteiger partial charge on any atom is -0.493 e. The van der Waals surface area contributed by atoms with Crippen molar-refractivity contribution in [1.29, 1.82) is 0 Å². The highest BCUT2D eigenvalue weighted by Gasteiger charge is 2.14. The summed E-state index contributed by atoms with van der Waals surface area (Å²) in [6.07, 6.45) is 2.86. The predicted octanol–water partition coefficient (Wildman–Crippen LogP) is 3.21. The van der Waals surface area contributed by atoms with Crippen molar-refractivity contribution in [2.75, 3.05) is 14.2 Å². The highest BCUT2D eigenvalue weighted by Crippen LogP contribution is 2.33. The van der Waals surface area contributed by atoms with Crippen molar-refractivity contribution in [1.82, 2.24) is 0 Å². The topological polar surface area (TPSA) is 61.8 Å². The molecule has 0 saturated heterocycles. The summed E-state index contributed by atoms with van der Waals surface area (Å²) in [5.74, 6) is 5.62. The van der Waals surface area contributed by atoms with Crippen LogP contribution in [0.2, 0.25) is 0 Å². The van der Waals surface area contributed by atoms with E-state index in [9.17, 15) is 9.59 Å². The molecule has 0 aliphatic carbocycles. The average Bonchev–Trinajstić information content (AvgIpc) is 2.65. The molecule has 0 radical (unpaired) electrons. The Morgan fingerprint density at radius 1 is 1.04 bits per heavy atom. The lowest BCUT2D eigenvalue weighted by atomic mass is 10.1. The first-order valence-corrected chi connectivity index (χ1v) is 7.77. The number of methoxy groups -OCH3 is 2. The van der Waals surface area contributed by atoms with Crippen LogP contribution in [0.5, 0.6) is 11.5 Å². The Bertz CT molecular complexity index is 886. The molecule has 0 N–H and O–H groups in total. The molecule has 132 valence electrons. The van der Waals surface area contributed by atoms with E-state index in [1.165, 1.54) is 27.2 Å². The van der Waals surface area contributed by atoms with E-state index in [0.717, 1.165) is 5.56 Å². The van der Waals surface area contributed by atoms with E-state index >= 15 is 0 Å². The number of hydrogen-bond donors (Lipinski definition) is 0. The first-order chi connectivity index (χ1) is 12.5. The quantitative estimate of drug-likeness (QED) is 0.367. The van der Waals surface area contributed by atoms with Gasteiger partial charge in [-0.05, 0) is 35.9 Å². The predicted molar refractivity (Wildman–Crippen MR) is 97.8 cm³/mol. The highest BCUT2D eigenvalue weighted by molar-refractivity contribution is 5.87. The Labute approximate surface area is 152 Å². The van der Waals surface area contributed by atoms with Crippen molar-refractivity contribution in [3.63, 3.8) is 0 Å². The molecular formula is C21H18O5. The third-order valence-electron chi connectivity index (χ3n) is 3.27. The van der Waals surface area contributed by atoms with Gasteiger partial charge in [0.2, 0.25) is 0 Å². The second-order valence-electron chi connectivity index (χ2n) is 5.17. The van der Waals surface area contributed by atoms with Crippen molar-refractivity contribution < 1.29 is 23.8 Å². The van der Waals surface area contributed by atoms with E-state index < -0.39 is 11.9 Å². The minimum absolute atomic E-state index is 0.235. The molecule has 5 heteroatoms. The maximum atomic E-state index is 11.4. The Morgan fingerprint density at radius 3 is 2.38 bits per heavy atom. The number of rotatable bonds is 4. The van der Waals surface area contributed by atoms with Crippen LogP contribution in [0.1, 0.15) is 23.6 Å². The SMILES string of the molecule is COC(=O)/C=C/c1cc(C#Cc2ccccc2)c(OC(C)=O)c(OC)c1. The average molecular weight is 350 g/mol. The molecule has 0 bridgehead atoms. The van der Waals surface area contributed by atoms with Gasteiger partial charge in [0.15, 0.2) is 11.5 Å². The number of hydrogen-bond acceptors (Lipinski definition) is 5. The molecule has 0 atom stereocenters. The van der Waals surface area contributed by atoms with Gasteiger partial charge in [-0.25, -0.2) is 4.79 Å². The normalized spacial score (nSPS) is 9.96. The smallest absolute Gasteiger partial charge is 0.330 e. The van der Waals surface area contributed by atoms with Crippen molar-refractivity contribution >= 4 is 18.0 Å². The lowest BCUT2D eigenvalue weighted by molar-refractivity contribution is -0.135. The van der Waals surface area contributed by atoms with Crippen molar-refractivity contribution in [3.8, 4) is 23.3 Å². The number of benzene rings is 2. The van der Waals surface area contributed by atoms with Crippen molar-refractivity contribution in [3.05, 3.63) is 65.2 Å². The van der Waals surface area contributed by atoms with Crippen molar-refractivity contribution in [2.45, 2.75) is 6.92 Å². The fourth-order valence-corrected chi connectivity index (χ4v) is 2.11. The van der Waals surface area contributed by atoms with E-state index in [0.29, 0.717) is 16.9 Å². The van der Waals surface area contributed by atoms with Gasteiger partial charge in [0.05, 0.1) is 19.8 Å². The minimum atomic E-state index is -0.482. The zero-order valence-corrected chi connectivity index (χ0v) is 14.7. The summed E-state index contributed by atoms with van der Waals surface area (Å²) in [5.41, 5.74) is 1.93. The monoisotopic (exact) mass is 350 g/mol. The third-order valence-corrected chi connectivity index (χ3v) is 3.27. The van der Waals surface area contributed by atoms with Crippen molar-refractivity contribution in [2.24, 2.45) is 0 Å². The standard InChI is InChI=1S/C21H18O5/c1-15(22)26-21-18(11-9-16-7-5-4-6-8-16)13-17(14-19(21)24-2)10-12-20(23)25-3/h4-8,10,12-14H,1-3H3/b12-10+. The van der Waals surface area contributed by atoms with Crippen LogP contribution in [0.3, 0.4) is 0 Å². The molecule has 5 nitrogen and oxygen atoms in total. The summed E-state index contributed by atoms with van der Waals surface area (Å²) >= 11 is 0. The molecule has 0 fully saturated rings. The molecule has 0 amide bonds. The number of esters is 2. The summed E-state index contributed by atoms with van der Waals surface area (Å²) < 4.78 is 15.2. The van der Waals surface area contributed by atoms with Gasteiger partial charge < -0.3 is 14.2 Å². The van der Waals surface area contributed by atoms with Crippen LogP contribution in [-0.4, -0.2) is 26.2 Å². The van der Waals surface area contributed by atoms with Gasteiger partial charge in [0.25, 0.3) is 0 Å². The van der Waals surface area contributed by atoms with E-state index in [-0.39, 0.29) is 5.75 Å². The summed E-state index contributed by atoms with van der Waals surface area (Å²) in [7, 11) is 2.76. The molecule has 2 aromatic rings. The largest absolute Gasteiger partial charge is 0.493 e. The van der Waals surface area contributed by atoms with E-state index in [1.807, 2.05) is 30.3 Å². The summed E-state index contributed by atoms with van der Waals surface area (Å²) in [4.78, 5) is 22.8. The first kappa shape index (κ1) is 18.8. The molecule has 26 heavy (non-hydrogen) atoms. The summed E-state index contributed by atoms with van der Waals surface area (Å²) in [5, 5.41) is 0. The van der Waals surface area contributed by atoms with Gasteiger partial charge in [-0.2, -0.15) is 0 Å². The first-order valence-electron chi connectivity index (χ1n) is 7.77. The Morgan fingerprint density at radius 2 is 1.77 bits per heavy atom. The van der Waals surface area contributed by atoms with Gasteiger partial charge in [-0.1, -0.05) is 30.0 Å². The highest BCUT2D eigenvalue weighted by atomic mass is 16.6. The lowest BCUT2D eigenvalue weighted by Crippen LogP contribution is -2.05. The van der Waals surface area contributed by atoms with Gasteiger partial charge in [-0.15, -0.1) is 0 Å². The molecule has 0 saturated carbocycles. The van der Waals surface area contributed by atoms with E-state index in [4.69, 9.17) is 9.47 Å². The molecule has 0 spiro atoms. The molecule has 0 aromatic heterocycles. The number of carbonyl (C=O) groups is 2. The molecule has 0 unspecified atom stereocenters. The lowest BCUT2D eigenvalue weighted by Gasteiger charge is -2.11. The Balaban J connectivity index is 2.53. The van der Waals surface area contributed by atoms with Gasteiger partial charge in [0.1, 0.15) is 0 Å². The molecule has 2 aromatic carbocycles. The summed E-state index contributed by atoms with van der Waals surface area (Å²) in [6, 6.07) is 12.8. The molecule has 2 rings (SSSR count). The fraction of sp³-hybridized carbons (Fsp3) is 0.143. The van der Waals surface area contributed by atoms with Crippen LogP contribution < -0.4 is 9.47 Å². The van der Waals surface area contributed by atoms with E-state index in [2.05, 4.69) is 16.6 Å². The van der Waals surface area contributed by atoms with Crippen LogP contribution in [0.15, 0.2) is 48.5 Å². The number of ether oxygens (including phenoxy) is 3. The molecule has 0 aliphatic rings. The third kappa shape index (κ3) is 5.25. The van der Waals surface area contributed by atoms with Gasteiger partial charge in [0, 0.05) is 18.6 Å². The Hall–Kier alpha value is -3.52. The zero-order valence-electron chi connectivity index (χ0n) is 14.7. The maximum Gasteiger partial charge on any atom is 0.330 e. The fourth-order valence-electron chi connectivity index (χ4n) is 2.11. The number of carbonyl (C=O) groups excluding carboxylic acids is 2. The van der Waals surface area contributed by atoms with Crippen LogP contribution in [0, 0.1) is 11.8 Å². The second-order valence-corrected chi connectivity index (χ2v) is 5.17. The summed E-state index contributed by atoms with van der Waals surface area (Å²) in [6.45, 7) is 1.30. The van der Waals surface area contributed by atoms with Crippen LogP contribution in [0.4, 0.5) is 0 Å². The van der Waals surface area contributed by atoms with Gasteiger partial charge in [-0.3, -0.25) is 4.79 Å². The van der Waals surface area contributed by atoms with E-state index in [1.54, 1.807) is 18.2 Å². The molecule has 0 heterocycles. The van der Waals surface area contributed by atoms with Gasteiger partial charge >= 0.3 is 11.9 Å². The Kier molecular flexibility index (Phi) is 6.58. The van der Waals surface area contributed by atoms with Crippen LogP contribution >= 0.6 is 0 Å². The zero-order chi connectivity index (χ0) is 18.9. The van der Waals surface area contributed by atoms with Crippen LogP contribution in [0.25, 0.3) is 6.08 Å².